The van der Waals surface area contributed by atoms with E-state index in [1.54, 1.807) is 0 Å². The van der Waals surface area contributed by atoms with E-state index in [9.17, 15) is 0 Å². The van der Waals surface area contributed by atoms with E-state index in [0.29, 0.717) is 0 Å². The van der Waals surface area contributed by atoms with Gasteiger partial charge in [0.25, 0.3) is 0 Å². The molecule has 1 aliphatic heterocycles. The van der Waals surface area contributed by atoms with Crippen LogP contribution >= 0.6 is 0 Å². The van der Waals surface area contributed by atoms with Gasteiger partial charge in [0.1, 0.15) is 11.4 Å². The number of rotatable bonds is 6. The lowest BCUT2D eigenvalue weighted by atomic mass is 9.92. The van der Waals surface area contributed by atoms with Gasteiger partial charge in [0.2, 0.25) is 0 Å². The Hall–Kier alpha value is -9.65. The summed E-state index contributed by atoms with van der Waals surface area (Å²) in [4.78, 5) is 11.5. The van der Waals surface area contributed by atoms with E-state index in [0.717, 1.165) is 90.1 Å². The Labute approximate surface area is 460 Å². The average Bonchev–Trinajstić information content (AvgIpc) is 2.90. The Morgan fingerprint density at radius 2 is 0.582 bits per heavy atom. The number of aromatic nitrogens is 4. The van der Waals surface area contributed by atoms with Crippen LogP contribution in [0.1, 0.15) is 44.5 Å². The molecule has 5 heterocycles. The SMILES string of the molecule is Cc1ccc2c3ccc(C)cc3n(-c3nc(N4c5ccccc5N(c5ccccc5)c5ccccc54)c(-n4c5cc(C)ccc5c5ccc(C)cc54)c(-c4c(C)cccc4C)c3-n3c4cc(C)ccc4c4ccc(C)cc43)c2c1. The second-order valence-corrected chi connectivity index (χ2v) is 22.2. The smallest absolute Gasteiger partial charge is 0.165 e. The second kappa shape index (κ2) is 17.4. The van der Waals surface area contributed by atoms with Crippen molar-refractivity contribution in [1.82, 2.24) is 18.7 Å². The first-order chi connectivity index (χ1) is 38.5. The molecule has 0 aliphatic carbocycles. The summed E-state index contributed by atoms with van der Waals surface area (Å²) in [5.41, 5.74) is 25.7. The predicted octanol–water partition coefficient (Wildman–Crippen LogP) is 19.8. The van der Waals surface area contributed by atoms with E-state index >= 15 is 0 Å². The van der Waals surface area contributed by atoms with Crippen LogP contribution in [0.2, 0.25) is 0 Å². The van der Waals surface area contributed by atoms with Crippen LogP contribution in [0.25, 0.3) is 93.7 Å². The number of pyridine rings is 1. The monoisotopic (exact) mass is 1020 g/mol. The Morgan fingerprint density at radius 1 is 0.266 bits per heavy atom. The summed E-state index contributed by atoms with van der Waals surface area (Å²) in [5.74, 6) is 1.65. The van der Waals surface area contributed by atoms with E-state index < -0.39 is 0 Å². The number of hydrogen-bond acceptors (Lipinski definition) is 3. The quantitative estimate of drug-likeness (QED) is 0.166. The first kappa shape index (κ1) is 46.6. The van der Waals surface area contributed by atoms with Crippen molar-refractivity contribution >= 4 is 99.7 Å². The highest BCUT2D eigenvalue weighted by atomic mass is 15.3. The molecule has 79 heavy (non-hydrogen) atoms. The van der Waals surface area contributed by atoms with Crippen LogP contribution in [0.15, 0.2) is 206 Å². The minimum Gasteiger partial charge on any atom is -0.306 e. The van der Waals surface area contributed by atoms with Crippen LogP contribution in [0.3, 0.4) is 0 Å². The number of hydrogen-bond donors (Lipinski definition) is 0. The number of para-hydroxylation sites is 5. The van der Waals surface area contributed by atoms with Crippen LogP contribution in [0.5, 0.6) is 0 Å². The lowest BCUT2D eigenvalue weighted by Crippen LogP contribution is -2.26. The van der Waals surface area contributed by atoms with E-state index in [1.807, 2.05) is 0 Å². The molecule has 4 aromatic heterocycles. The topological polar surface area (TPSA) is 34.2 Å². The predicted molar refractivity (Wildman–Crippen MR) is 334 cm³/mol. The Morgan fingerprint density at radius 3 is 0.949 bits per heavy atom. The molecule has 0 atom stereocenters. The van der Waals surface area contributed by atoms with E-state index in [-0.39, 0.29) is 0 Å². The maximum Gasteiger partial charge on any atom is 0.165 e. The van der Waals surface area contributed by atoms with E-state index in [4.69, 9.17) is 4.98 Å². The number of anilines is 6. The summed E-state index contributed by atoms with van der Waals surface area (Å²) in [6, 6.07) is 77.1. The molecule has 14 aromatic rings. The van der Waals surface area contributed by atoms with Gasteiger partial charge in [-0.25, -0.2) is 4.98 Å². The highest BCUT2D eigenvalue weighted by Crippen LogP contribution is 2.58. The molecule has 0 bridgehead atoms. The summed E-state index contributed by atoms with van der Waals surface area (Å²) in [6.07, 6.45) is 0. The summed E-state index contributed by atoms with van der Waals surface area (Å²) in [7, 11) is 0. The van der Waals surface area contributed by atoms with Crippen molar-refractivity contribution in [2.45, 2.75) is 55.4 Å². The van der Waals surface area contributed by atoms with Gasteiger partial charge >= 0.3 is 0 Å². The third-order valence-corrected chi connectivity index (χ3v) is 16.7. The van der Waals surface area contributed by atoms with Crippen LogP contribution in [-0.2, 0) is 0 Å². The van der Waals surface area contributed by atoms with Gasteiger partial charge in [-0.15, -0.1) is 0 Å². The van der Waals surface area contributed by atoms with Gasteiger partial charge in [-0.1, -0.05) is 133 Å². The molecule has 6 heteroatoms. The maximum absolute atomic E-state index is 6.60. The molecule has 6 nitrogen and oxygen atoms in total. The number of benzene rings is 10. The molecule has 0 radical (unpaired) electrons. The number of nitrogens with zero attached hydrogens (tertiary/aromatic N) is 6. The van der Waals surface area contributed by atoms with E-state index in [1.165, 1.54) is 82.4 Å². The van der Waals surface area contributed by atoms with Crippen molar-refractivity contribution in [2.75, 3.05) is 9.80 Å². The maximum atomic E-state index is 6.60. The summed E-state index contributed by atoms with van der Waals surface area (Å²) < 4.78 is 7.68. The molecular formula is C73H58N6. The molecule has 0 N–H and O–H groups in total. The number of aryl methyl sites for hydroxylation is 8. The molecule has 380 valence electrons. The first-order valence-electron chi connectivity index (χ1n) is 27.5. The zero-order valence-electron chi connectivity index (χ0n) is 45.8. The minimum atomic E-state index is 0.814. The Bertz CT molecular complexity index is 4650. The minimum absolute atomic E-state index is 0.814. The largest absolute Gasteiger partial charge is 0.306 e. The number of fused-ring (bicyclic) bond motifs is 11. The molecule has 0 amide bonds. The van der Waals surface area contributed by atoms with Crippen molar-refractivity contribution in [3.05, 3.63) is 251 Å². The zero-order valence-corrected chi connectivity index (χ0v) is 45.8. The van der Waals surface area contributed by atoms with Crippen molar-refractivity contribution in [3.8, 4) is 28.3 Å². The molecule has 15 rings (SSSR count). The van der Waals surface area contributed by atoms with Crippen molar-refractivity contribution in [1.29, 1.82) is 0 Å². The van der Waals surface area contributed by atoms with Gasteiger partial charge in [-0.3, -0.25) is 9.47 Å². The van der Waals surface area contributed by atoms with Gasteiger partial charge in [0.05, 0.1) is 55.8 Å². The standard InChI is InChI=1S/C73H58N6/c1-43-25-31-52-53-32-26-44(2)38-63(53)76(62(52)37-43)70-69(68-49(7)17-16-18-50(68)8)71(77-64-39-45(3)27-33-54(64)55-34-28-46(4)40-65(55)77)73(79-66-41-47(5)29-35-56(66)57-36-30-48(6)42-67(57)79)74-72(70)78-60-23-14-12-21-58(60)75(51-19-10-9-11-20-51)59-22-13-15-24-61(59)78/h9-42H,1-8H3. The highest BCUT2D eigenvalue weighted by Gasteiger charge is 2.38. The Kier molecular flexibility index (Phi) is 10.3. The fourth-order valence-electron chi connectivity index (χ4n) is 13.2. The van der Waals surface area contributed by atoms with Crippen molar-refractivity contribution in [3.63, 3.8) is 0 Å². The lowest BCUT2D eigenvalue weighted by molar-refractivity contribution is 0.989. The van der Waals surface area contributed by atoms with Gasteiger partial charge in [-0.2, -0.15) is 0 Å². The van der Waals surface area contributed by atoms with Gasteiger partial charge in [-0.05, 0) is 178 Å². The van der Waals surface area contributed by atoms with Crippen LogP contribution in [0, 0.1) is 55.4 Å². The first-order valence-corrected chi connectivity index (χ1v) is 27.5. The molecule has 10 aromatic carbocycles. The molecule has 0 saturated heterocycles. The molecule has 0 unspecified atom stereocenters. The lowest BCUT2D eigenvalue weighted by Gasteiger charge is -2.41. The summed E-state index contributed by atoms with van der Waals surface area (Å²) >= 11 is 0. The van der Waals surface area contributed by atoms with Gasteiger partial charge in [0.15, 0.2) is 11.6 Å². The summed E-state index contributed by atoms with van der Waals surface area (Å²) in [5, 5.41) is 7.14. The van der Waals surface area contributed by atoms with E-state index in [2.05, 4.69) is 285 Å². The molecule has 0 fully saturated rings. The van der Waals surface area contributed by atoms with Gasteiger partial charge in [0, 0.05) is 43.6 Å². The summed E-state index contributed by atoms with van der Waals surface area (Å²) in [6.45, 7) is 17.9. The van der Waals surface area contributed by atoms with Gasteiger partial charge < -0.3 is 14.0 Å². The fraction of sp³-hybridized carbons (Fsp3) is 0.110. The molecule has 0 saturated carbocycles. The van der Waals surface area contributed by atoms with Crippen LogP contribution in [0.4, 0.5) is 34.3 Å². The zero-order chi connectivity index (χ0) is 53.5. The van der Waals surface area contributed by atoms with Crippen molar-refractivity contribution in [2.24, 2.45) is 0 Å². The highest BCUT2D eigenvalue weighted by molar-refractivity contribution is 6.16. The average molecular weight is 1020 g/mol. The molecule has 0 spiro atoms. The van der Waals surface area contributed by atoms with Crippen LogP contribution < -0.4 is 9.80 Å². The third-order valence-electron chi connectivity index (χ3n) is 16.7. The van der Waals surface area contributed by atoms with Crippen LogP contribution in [-0.4, -0.2) is 18.7 Å². The molecule has 1 aliphatic rings. The normalized spacial score (nSPS) is 12.5. The third kappa shape index (κ3) is 6.93. The van der Waals surface area contributed by atoms with Crippen molar-refractivity contribution < 1.29 is 0 Å². The second-order valence-electron chi connectivity index (χ2n) is 22.2. The molecular weight excluding hydrogens is 961 g/mol. The Balaban J connectivity index is 1.27. The fourth-order valence-corrected chi connectivity index (χ4v) is 13.2.